The Balaban J connectivity index is 1.63. The van der Waals surface area contributed by atoms with E-state index in [1.165, 1.54) is 56.4 Å². The number of aryl methyl sites for hydroxylation is 1. The van der Waals surface area contributed by atoms with Crippen molar-refractivity contribution in [2.75, 3.05) is 19.6 Å². The van der Waals surface area contributed by atoms with E-state index in [1.54, 1.807) is 0 Å². The maximum absolute atomic E-state index is 8.96. The zero-order valence-electron chi connectivity index (χ0n) is 12.9. The molecule has 2 aliphatic heterocycles. The van der Waals surface area contributed by atoms with E-state index in [1.807, 2.05) is 12.1 Å². The van der Waals surface area contributed by atoms with E-state index in [2.05, 4.69) is 29.3 Å². The molecule has 0 radical (unpaired) electrons. The monoisotopic (exact) mass is 283 g/mol. The Morgan fingerprint density at radius 2 is 2.24 bits per heavy atom. The van der Waals surface area contributed by atoms with Crippen LogP contribution in [-0.4, -0.2) is 30.6 Å². The van der Waals surface area contributed by atoms with Crippen molar-refractivity contribution in [1.29, 1.82) is 5.26 Å². The van der Waals surface area contributed by atoms with Crippen LogP contribution >= 0.6 is 0 Å². The van der Waals surface area contributed by atoms with E-state index in [0.29, 0.717) is 0 Å². The lowest BCUT2D eigenvalue weighted by atomic mass is 9.89. The van der Waals surface area contributed by atoms with Crippen molar-refractivity contribution in [2.24, 2.45) is 5.92 Å². The number of nitrogens with one attached hydrogen (secondary N) is 1. The average molecular weight is 283 g/mol. The Labute approximate surface area is 128 Å². The van der Waals surface area contributed by atoms with E-state index < -0.39 is 0 Å². The van der Waals surface area contributed by atoms with E-state index in [4.69, 9.17) is 5.26 Å². The summed E-state index contributed by atoms with van der Waals surface area (Å²) >= 11 is 0. The standard InChI is InChI=1S/C18H25N3/c1-14-10-15(11-19)6-7-16(14)12-21-9-3-4-17(13-21)18-5-2-8-20-18/h6-7,10,17-18,20H,2-5,8-9,12-13H2,1H3. The third-order valence-electron chi connectivity index (χ3n) is 5.08. The summed E-state index contributed by atoms with van der Waals surface area (Å²) in [6.07, 6.45) is 5.39. The average Bonchev–Trinajstić information content (AvgIpc) is 3.04. The van der Waals surface area contributed by atoms with Gasteiger partial charge in [-0.05, 0) is 74.9 Å². The van der Waals surface area contributed by atoms with Gasteiger partial charge in [-0.3, -0.25) is 4.90 Å². The molecule has 112 valence electrons. The molecule has 3 heteroatoms. The SMILES string of the molecule is Cc1cc(C#N)ccc1CN1CCCC(C2CCCN2)C1. The van der Waals surface area contributed by atoms with Crippen LogP contribution in [-0.2, 0) is 6.54 Å². The predicted molar refractivity (Wildman–Crippen MR) is 84.9 cm³/mol. The molecule has 0 aromatic heterocycles. The first-order valence-corrected chi connectivity index (χ1v) is 8.21. The van der Waals surface area contributed by atoms with Gasteiger partial charge in [0.05, 0.1) is 11.6 Å². The van der Waals surface area contributed by atoms with E-state index in [9.17, 15) is 0 Å². The Morgan fingerprint density at radius 3 is 2.95 bits per heavy atom. The molecule has 1 N–H and O–H groups in total. The molecule has 2 fully saturated rings. The zero-order chi connectivity index (χ0) is 14.7. The smallest absolute Gasteiger partial charge is 0.0991 e. The van der Waals surface area contributed by atoms with Crippen LogP contribution in [0.5, 0.6) is 0 Å². The fraction of sp³-hybridized carbons (Fsp3) is 0.611. The van der Waals surface area contributed by atoms with Crippen LogP contribution in [0.2, 0.25) is 0 Å². The van der Waals surface area contributed by atoms with Crippen LogP contribution in [0, 0.1) is 24.2 Å². The second kappa shape index (κ2) is 6.60. The molecule has 3 rings (SSSR count). The van der Waals surface area contributed by atoms with Crippen molar-refractivity contribution in [3.8, 4) is 6.07 Å². The van der Waals surface area contributed by atoms with Gasteiger partial charge in [0.25, 0.3) is 0 Å². The molecule has 2 heterocycles. The second-order valence-electron chi connectivity index (χ2n) is 6.59. The number of nitrogens with zero attached hydrogens (tertiary/aromatic N) is 2. The molecule has 2 saturated heterocycles. The molecular formula is C18H25N3. The first-order valence-electron chi connectivity index (χ1n) is 8.21. The van der Waals surface area contributed by atoms with E-state index in [-0.39, 0.29) is 0 Å². The van der Waals surface area contributed by atoms with Crippen LogP contribution in [0.4, 0.5) is 0 Å². The topological polar surface area (TPSA) is 39.1 Å². The molecule has 0 aliphatic carbocycles. The summed E-state index contributed by atoms with van der Waals surface area (Å²) < 4.78 is 0. The van der Waals surface area contributed by atoms with Gasteiger partial charge in [0, 0.05) is 19.1 Å². The molecular weight excluding hydrogens is 258 g/mol. The van der Waals surface area contributed by atoms with Gasteiger partial charge >= 0.3 is 0 Å². The highest BCUT2D eigenvalue weighted by atomic mass is 15.1. The molecule has 2 aliphatic rings. The first-order chi connectivity index (χ1) is 10.3. The van der Waals surface area contributed by atoms with Crippen molar-refractivity contribution < 1.29 is 0 Å². The van der Waals surface area contributed by atoms with E-state index in [0.717, 1.165) is 24.1 Å². The van der Waals surface area contributed by atoms with E-state index >= 15 is 0 Å². The van der Waals surface area contributed by atoms with Gasteiger partial charge in [-0.15, -0.1) is 0 Å². The van der Waals surface area contributed by atoms with Crippen LogP contribution in [0.1, 0.15) is 42.4 Å². The number of nitriles is 1. The van der Waals surface area contributed by atoms with Crippen molar-refractivity contribution >= 4 is 0 Å². The zero-order valence-corrected chi connectivity index (χ0v) is 12.9. The summed E-state index contributed by atoms with van der Waals surface area (Å²) in [4.78, 5) is 2.60. The molecule has 2 unspecified atom stereocenters. The summed E-state index contributed by atoms with van der Waals surface area (Å²) in [7, 11) is 0. The number of benzene rings is 1. The highest BCUT2D eigenvalue weighted by Gasteiger charge is 2.28. The largest absolute Gasteiger partial charge is 0.314 e. The maximum atomic E-state index is 8.96. The van der Waals surface area contributed by atoms with Gasteiger partial charge in [-0.1, -0.05) is 6.07 Å². The van der Waals surface area contributed by atoms with Gasteiger partial charge < -0.3 is 5.32 Å². The Bertz CT molecular complexity index is 526. The molecule has 1 aromatic carbocycles. The number of rotatable bonds is 3. The molecule has 3 nitrogen and oxygen atoms in total. The minimum Gasteiger partial charge on any atom is -0.314 e. The van der Waals surface area contributed by atoms with Gasteiger partial charge in [0.1, 0.15) is 0 Å². The normalized spacial score (nSPS) is 26.7. The Kier molecular flexibility index (Phi) is 4.57. The minimum absolute atomic E-state index is 0.745. The number of hydrogen-bond acceptors (Lipinski definition) is 3. The minimum atomic E-state index is 0.745. The third kappa shape index (κ3) is 3.45. The molecule has 0 bridgehead atoms. The molecule has 0 saturated carbocycles. The van der Waals surface area contributed by atoms with Gasteiger partial charge in [0.15, 0.2) is 0 Å². The summed E-state index contributed by atoms with van der Waals surface area (Å²) in [6, 6.07) is 9.05. The van der Waals surface area contributed by atoms with Gasteiger partial charge in [-0.2, -0.15) is 5.26 Å². The highest BCUT2D eigenvalue weighted by Crippen LogP contribution is 2.26. The summed E-state index contributed by atoms with van der Waals surface area (Å²) in [5.74, 6) is 0.819. The number of piperidine rings is 1. The fourth-order valence-electron chi connectivity index (χ4n) is 3.86. The molecule has 21 heavy (non-hydrogen) atoms. The molecule has 2 atom stereocenters. The van der Waals surface area contributed by atoms with Gasteiger partial charge in [-0.25, -0.2) is 0 Å². The fourth-order valence-corrected chi connectivity index (χ4v) is 3.86. The number of hydrogen-bond donors (Lipinski definition) is 1. The first kappa shape index (κ1) is 14.6. The lowest BCUT2D eigenvalue weighted by molar-refractivity contribution is 0.145. The molecule has 0 spiro atoms. The van der Waals surface area contributed by atoms with Crippen LogP contribution in [0.15, 0.2) is 18.2 Å². The highest BCUT2D eigenvalue weighted by molar-refractivity contribution is 5.37. The van der Waals surface area contributed by atoms with Crippen LogP contribution in [0.25, 0.3) is 0 Å². The third-order valence-corrected chi connectivity index (χ3v) is 5.08. The van der Waals surface area contributed by atoms with Crippen molar-refractivity contribution in [3.05, 3.63) is 34.9 Å². The lowest BCUT2D eigenvalue weighted by Crippen LogP contribution is -2.43. The van der Waals surface area contributed by atoms with Crippen molar-refractivity contribution in [1.82, 2.24) is 10.2 Å². The summed E-state index contributed by atoms with van der Waals surface area (Å²) in [5, 5.41) is 12.6. The lowest BCUT2D eigenvalue weighted by Gasteiger charge is -2.36. The predicted octanol–water partition coefficient (Wildman–Crippen LogP) is 2.83. The molecule has 0 amide bonds. The summed E-state index contributed by atoms with van der Waals surface area (Å²) in [6.45, 7) is 6.78. The Morgan fingerprint density at radius 1 is 1.33 bits per heavy atom. The summed E-state index contributed by atoms with van der Waals surface area (Å²) in [5.41, 5.74) is 3.38. The molecule has 1 aromatic rings. The Hall–Kier alpha value is -1.37. The second-order valence-corrected chi connectivity index (χ2v) is 6.59. The van der Waals surface area contributed by atoms with Gasteiger partial charge in [0.2, 0.25) is 0 Å². The maximum Gasteiger partial charge on any atom is 0.0991 e. The van der Waals surface area contributed by atoms with Crippen molar-refractivity contribution in [2.45, 2.75) is 45.2 Å². The van der Waals surface area contributed by atoms with Crippen LogP contribution in [0.3, 0.4) is 0 Å². The number of likely N-dealkylation sites (tertiary alicyclic amines) is 1. The van der Waals surface area contributed by atoms with Crippen LogP contribution < -0.4 is 5.32 Å². The quantitative estimate of drug-likeness (QED) is 0.927. The van der Waals surface area contributed by atoms with Crippen molar-refractivity contribution in [3.63, 3.8) is 0 Å².